The van der Waals surface area contributed by atoms with Crippen molar-refractivity contribution in [2.24, 2.45) is 0 Å². The minimum Gasteiger partial charge on any atom is -0.481 e. The largest absolute Gasteiger partial charge is 0.481 e. The normalized spacial score (nSPS) is 12.6. The third-order valence-electron chi connectivity index (χ3n) is 1.18. The third kappa shape index (κ3) is 7.27. The maximum atomic E-state index is 10.9. The number of carboxylic acid groups (broad SMARTS) is 1. The zero-order valence-electron chi connectivity index (χ0n) is 7.69. The van der Waals surface area contributed by atoms with Gasteiger partial charge in [-0.05, 0) is 13.8 Å². The van der Waals surface area contributed by atoms with Gasteiger partial charge >= 0.3 is 11.9 Å². The standard InChI is InChI=1S/C8H14O5/c1-5(2)13-8(12)4-6(9)3-7(10)11/h5-6,9H,3-4H2,1-2H3,(H,10,11)/t6-/m0/s1. The van der Waals surface area contributed by atoms with Gasteiger partial charge in [-0.2, -0.15) is 0 Å². The van der Waals surface area contributed by atoms with E-state index >= 15 is 0 Å². The third-order valence-corrected chi connectivity index (χ3v) is 1.18. The summed E-state index contributed by atoms with van der Waals surface area (Å²) in [6.45, 7) is 3.36. The molecule has 0 spiro atoms. The quantitative estimate of drug-likeness (QED) is 0.603. The van der Waals surface area contributed by atoms with Gasteiger partial charge in [0.1, 0.15) is 0 Å². The molecule has 2 N–H and O–H groups in total. The van der Waals surface area contributed by atoms with Crippen LogP contribution in [-0.2, 0) is 14.3 Å². The molecule has 0 bridgehead atoms. The van der Waals surface area contributed by atoms with Crippen molar-refractivity contribution in [3.05, 3.63) is 0 Å². The van der Waals surface area contributed by atoms with Gasteiger partial charge in [0.15, 0.2) is 0 Å². The minimum atomic E-state index is -1.16. The first-order chi connectivity index (χ1) is 5.91. The van der Waals surface area contributed by atoms with Crippen LogP contribution in [0.5, 0.6) is 0 Å². The molecule has 0 aromatic rings. The molecule has 0 saturated heterocycles. The molecule has 0 amide bonds. The number of rotatable bonds is 5. The van der Waals surface area contributed by atoms with Gasteiger partial charge in [-0.3, -0.25) is 9.59 Å². The van der Waals surface area contributed by atoms with E-state index in [1.54, 1.807) is 13.8 Å². The number of carboxylic acids is 1. The van der Waals surface area contributed by atoms with Crippen LogP contribution in [0.1, 0.15) is 26.7 Å². The fourth-order valence-electron chi connectivity index (χ4n) is 0.777. The summed E-state index contributed by atoms with van der Waals surface area (Å²) in [7, 11) is 0. The van der Waals surface area contributed by atoms with Gasteiger partial charge < -0.3 is 14.9 Å². The second kappa shape index (κ2) is 5.53. The van der Waals surface area contributed by atoms with E-state index in [0.29, 0.717) is 0 Å². The Morgan fingerprint density at radius 3 is 2.23 bits per heavy atom. The Balaban J connectivity index is 3.71. The van der Waals surface area contributed by atoms with Crippen LogP contribution < -0.4 is 0 Å². The molecule has 0 aliphatic heterocycles. The number of aliphatic carboxylic acids is 1. The summed E-state index contributed by atoms with van der Waals surface area (Å²) in [5.41, 5.74) is 0. The lowest BCUT2D eigenvalue weighted by molar-refractivity contribution is -0.150. The predicted octanol–water partition coefficient (Wildman–Crippen LogP) is 0.164. The molecule has 0 heterocycles. The predicted molar refractivity (Wildman–Crippen MR) is 44.1 cm³/mol. The van der Waals surface area contributed by atoms with Crippen LogP contribution >= 0.6 is 0 Å². The van der Waals surface area contributed by atoms with Crippen LogP contribution in [0.25, 0.3) is 0 Å². The lowest BCUT2D eigenvalue weighted by Crippen LogP contribution is -2.21. The molecule has 76 valence electrons. The van der Waals surface area contributed by atoms with E-state index in [9.17, 15) is 9.59 Å². The van der Waals surface area contributed by atoms with Gasteiger partial charge in [-0.25, -0.2) is 0 Å². The number of hydrogen-bond donors (Lipinski definition) is 2. The van der Waals surface area contributed by atoms with E-state index in [-0.39, 0.29) is 12.5 Å². The summed E-state index contributed by atoms with van der Waals surface area (Å²) < 4.78 is 4.71. The molecule has 5 nitrogen and oxygen atoms in total. The summed E-state index contributed by atoms with van der Waals surface area (Å²) in [6.07, 6.45) is -2.12. The van der Waals surface area contributed by atoms with Crippen LogP contribution in [0, 0.1) is 0 Å². The first-order valence-corrected chi connectivity index (χ1v) is 4.01. The average Bonchev–Trinajstić information content (AvgIpc) is 1.80. The van der Waals surface area contributed by atoms with Gasteiger partial charge in [0.25, 0.3) is 0 Å². The summed E-state index contributed by atoms with van der Waals surface area (Å²) in [4.78, 5) is 21.0. The van der Waals surface area contributed by atoms with Crippen molar-refractivity contribution >= 4 is 11.9 Å². The molecule has 0 fully saturated rings. The Hall–Kier alpha value is -1.10. The van der Waals surface area contributed by atoms with Gasteiger partial charge in [-0.1, -0.05) is 0 Å². The topological polar surface area (TPSA) is 83.8 Å². The molecule has 1 atom stereocenters. The van der Waals surface area contributed by atoms with E-state index < -0.39 is 24.5 Å². The maximum absolute atomic E-state index is 10.9. The van der Waals surface area contributed by atoms with Crippen molar-refractivity contribution in [2.45, 2.75) is 38.9 Å². The van der Waals surface area contributed by atoms with Crippen LogP contribution in [0.4, 0.5) is 0 Å². The van der Waals surface area contributed by atoms with Crippen molar-refractivity contribution in [1.82, 2.24) is 0 Å². The Bertz CT molecular complexity index is 187. The Morgan fingerprint density at radius 2 is 1.85 bits per heavy atom. The highest BCUT2D eigenvalue weighted by atomic mass is 16.5. The van der Waals surface area contributed by atoms with E-state index in [1.807, 2.05) is 0 Å². The zero-order valence-corrected chi connectivity index (χ0v) is 7.69. The molecule has 0 aliphatic carbocycles. The summed E-state index contributed by atoms with van der Waals surface area (Å²) >= 11 is 0. The van der Waals surface area contributed by atoms with Gasteiger partial charge in [0.05, 0.1) is 25.0 Å². The number of hydrogen-bond acceptors (Lipinski definition) is 4. The van der Waals surface area contributed by atoms with Crippen LogP contribution in [0.15, 0.2) is 0 Å². The summed E-state index contributed by atoms with van der Waals surface area (Å²) in [5, 5.41) is 17.3. The molecule has 0 aromatic carbocycles. The average molecular weight is 190 g/mol. The van der Waals surface area contributed by atoms with Crippen LogP contribution in [-0.4, -0.2) is 34.4 Å². The second-order valence-corrected chi connectivity index (χ2v) is 2.99. The molecular formula is C8H14O5. The summed E-state index contributed by atoms with van der Waals surface area (Å²) in [5.74, 6) is -1.71. The molecule has 5 heteroatoms. The number of carbonyl (C=O) groups is 2. The van der Waals surface area contributed by atoms with E-state index in [0.717, 1.165) is 0 Å². The fraction of sp³-hybridized carbons (Fsp3) is 0.750. The van der Waals surface area contributed by atoms with Crippen molar-refractivity contribution in [1.29, 1.82) is 0 Å². The summed E-state index contributed by atoms with van der Waals surface area (Å²) in [6, 6.07) is 0. The van der Waals surface area contributed by atoms with Gasteiger partial charge in [-0.15, -0.1) is 0 Å². The van der Waals surface area contributed by atoms with Crippen LogP contribution in [0.3, 0.4) is 0 Å². The molecule has 0 unspecified atom stereocenters. The lowest BCUT2D eigenvalue weighted by atomic mass is 10.2. The number of carbonyl (C=O) groups excluding carboxylic acids is 1. The molecule has 13 heavy (non-hydrogen) atoms. The van der Waals surface area contributed by atoms with Crippen molar-refractivity contribution in [2.75, 3.05) is 0 Å². The first kappa shape index (κ1) is 11.9. The van der Waals surface area contributed by atoms with Gasteiger partial charge in [0, 0.05) is 0 Å². The Morgan fingerprint density at radius 1 is 1.31 bits per heavy atom. The van der Waals surface area contributed by atoms with E-state index in [4.69, 9.17) is 14.9 Å². The lowest BCUT2D eigenvalue weighted by Gasteiger charge is -2.10. The maximum Gasteiger partial charge on any atom is 0.308 e. The van der Waals surface area contributed by atoms with Crippen LogP contribution in [0.2, 0.25) is 0 Å². The molecule has 0 saturated carbocycles. The number of ether oxygens (including phenoxy) is 1. The Labute approximate surface area is 76.3 Å². The van der Waals surface area contributed by atoms with E-state index in [2.05, 4.69) is 0 Å². The fourth-order valence-corrected chi connectivity index (χ4v) is 0.777. The zero-order chi connectivity index (χ0) is 10.4. The first-order valence-electron chi connectivity index (χ1n) is 4.01. The minimum absolute atomic E-state index is 0.246. The SMILES string of the molecule is CC(C)OC(=O)C[C@@H](O)CC(=O)O. The van der Waals surface area contributed by atoms with Crippen molar-refractivity contribution < 1.29 is 24.5 Å². The molecule has 0 rings (SSSR count). The smallest absolute Gasteiger partial charge is 0.308 e. The monoisotopic (exact) mass is 190 g/mol. The van der Waals surface area contributed by atoms with Gasteiger partial charge in [0.2, 0.25) is 0 Å². The number of aliphatic hydroxyl groups excluding tert-OH is 1. The molecular weight excluding hydrogens is 176 g/mol. The van der Waals surface area contributed by atoms with E-state index in [1.165, 1.54) is 0 Å². The Kier molecular flexibility index (Phi) is 5.06. The highest BCUT2D eigenvalue weighted by molar-refractivity contribution is 5.72. The molecule has 0 radical (unpaired) electrons. The molecule has 0 aromatic heterocycles. The van der Waals surface area contributed by atoms with Crippen molar-refractivity contribution in [3.8, 4) is 0 Å². The number of aliphatic hydroxyl groups is 1. The van der Waals surface area contributed by atoms with Crippen molar-refractivity contribution in [3.63, 3.8) is 0 Å². The molecule has 0 aliphatic rings. The number of esters is 1. The highest BCUT2D eigenvalue weighted by Crippen LogP contribution is 2.01. The highest BCUT2D eigenvalue weighted by Gasteiger charge is 2.15. The second-order valence-electron chi connectivity index (χ2n) is 2.99.